The van der Waals surface area contributed by atoms with Crippen molar-refractivity contribution in [2.75, 3.05) is 6.54 Å². The van der Waals surface area contributed by atoms with E-state index in [-0.39, 0.29) is 32.5 Å². The quantitative estimate of drug-likeness (QED) is 0.889. The molecule has 1 amide bonds. The normalized spacial score (nSPS) is 24.6. The van der Waals surface area contributed by atoms with E-state index in [1.165, 1.54) is 12.1 Å². The van der Waals surface area contributed by atoms with Crippen LogP contribution in [0, 0.1) is 5.92 Å². The Morgan fingerprint density at radius 3 is 2.52 bits per heavy atom. The fourth-order valence-electron chi connectivity index (χ4n) is 3.23. The molecule has 1 aliphatic heterocycles. The number of halogens is 2. The first-order chi connectivity index (χ1) is 9.77. The van der Waals surface area contributed by atoms with E-state index in [1.807, 2.05) is 0 Å². The molecule has 3 rings (SSSR count). The van der Waals surface area contributed by atoms with Crippen molar-refractivity contribution in [3.8, 4) is 0 Å². The molecular weight excluding hydrogens is 335 g/mol. The van der Waals surface area contributed by atoms with E-state index >= 15 is 0 Å². The number of carbonyl (C=O) groups excluding carboxylic acids is 1. The van der Waals surface area contributed by atoms with Crippen LogP contribution in [0.3, 0.4) is 0 Å². The van der Waals surface area contributed by atoms with E-state index in [9.17, 15) is 13.2 Å². The number of likely N-dealkylation sites (tertiary alicyclic amines) is 1. The van der Waals surface area contributed by atoms with Gasteiger partial charge in [-0.1, -0.05) is 23.2 Å². The Bertz CT molecular complexity index is 720. The maximum atomic E-state index is 12.6. The van der Waals surface area contributed by atoms with Crippen molar-refractivity contribution < 1.29 is 13.2 Å². The van der Waals surface area contributed by atoms with Crippen LogP contribution in [0.2, 0.25) is 10.0 Å². The van der Waals surface area contributed by atoms with Gasteiger partial charge in [0.05, 0.1) is 10.0 Å². The standard InChI is InChI=1S/C13H14Cl2N2O3S/c14-10-4-8(5-11(12(10)15)21(16,19)20)13(18)17-6-7-1-2-9(17)3-7/h4-5,7,9H,1-3,6H2,(H2,16,19,20). The van der Waals surface area contributed by atoms with E-state index in [4.69, 9.17) is 28.3 Å². The maximum Gasteiger partial charge on any atom is 0.254 e. The second kappa shape index (κ2) is 5.12. The highest BCUT2D eigenvalue weighted by Crippen LogP contribution is 2.39. The van der Waals surface area contributed by atoms with Crippen LogP contribution < -0.4 is 5.14 Å². The molecule has 2 atom stereocenters. The van der Waals surface area contributed by atoms with Crippen LogP contribution in [0.1, 0.15) is 29.6 Å². The van der Waals surface area contributed by atoms with E-state index in [1.54, 1.807) is 4.90 Å². The molecule has 1 aliphatic carbocycles. The molecule has 1 aromatic carbocycles. The predicted molar refractivity (Wildman–Crippen MR) is 80.0 cm³/mol. The summed E-state index contributed by atoms with van der Waals surface area (Å²) in [6.45, 7) is 0.717. The molecule has 2 aliphatic rings. The first-order valence-electron chi connectivity index (χ1n) is 6.60. The fourth-order valence-corrected chi connectivity index (χ4v) is 4.59. The molecule has 2 unspecified atom stereocenters. The van der Waals surface area contributed by atoms with Gasteiger partial charge in [-0.3, -0.25) is 4.79 Å². The summed E-state index contributed by atoms with van der Waals surface area (Å²) >= 11 is 11.8. The number of primary sulfonamides is 1. The van der Waals surface area contributed by atoms with Gasteiger partial charge < -0.3 is 4.90 Å². The van der Waals surface area contributed by atoms with Crippen molar-refractivity contribution in [1.82, 2.24) is 4.90 Å². The van der Waals surface area contributed by atoms with Crippen LogP contribution in [-0.4, -0.2) is 31.8 Å². The highest BCUT2D eigenvalue weighted by atomic mass is 35.5. The summed E-state index contributed by atoms with van der Waals surface area (Å²) in [6.07, 6.45) is 3.17. The lowest BCUT2D eigenvalue weighted by molar-refractivity contribution is 0.0703. The Kier molecular flexibility index (Phi) is 3.68. The average molecular weight is 349 g/mol. The zero-order valence-corrected chi connectivity index (χ0v) is 13.4. The zero-order chi connectivity index (χ0) is 15.4. The number of piperidine rings is 1. The molecule has 0 radical (unpaired) electrons. The van der Waals surface area contributed by atoms with Crippen molar-refractivity contribution in [3.05, 3.63) is 27.7 Å². The van der Waals surface area contributed by atoms with Crippen LogP contribution >= 0.6 is 23.2 Å². The van der Waals surface area contributed by atoms with Crippen LogP contribution in [0.25, 0.3) is 0 Å². The number of hydrogen-bond acceptors (Lipinski definition) is 3. The SMILES string of the molecule is NS(=O)(=O)c1cc(C(=O)N2CC3CCC2C3)cc(Cl)c1Cl. The van der Waals surface area contributed by atoms with Gasteiger partial charge in [0.1, 0.15) is 4.90 Å². The third-order valence-corrected chi connectivity index (χ3v) is 6.07. The van der Waals surface area contributed by atoms with Crippen molar-refractivity contribution in [3.63, 3.8) is 0 Å². The summed E-state index contributed by atoms with van der Waals surface area (Å²) < 4.78 is 23.1. The topological polar surface area (TPSA) is 80.5 Å². The van der Waals surface area contributed by atoms with Gasteiger partial charge in [-0.2, -0.15) is 0 Å². The van der Waals surface area contributed by atoms with Crippen molar-refractivity contribution >= 4 is 39.1 Å². The van der Waals surface area contributed by atoms with Gasteiger partial charge in [0.25, 0.3) is 5.91 Å². The molecule has 0 aromatic heterocycles. The van der Waals surface area contributed by atoms with Crippen LogP contribution in [0.15, 0.2) is 17.0 Å². The number of fused-ring (bicyclic) bond motifs is 2. The number of benzene rings is 1. The summed E-state index contributed by atoms with van der Waals surface area (Å²) in [6, 6.07) is 2.85. The zero-order valence-electron chi connectivity index (χ0n) is 11.1. The predicted octanol–water partition coefficient (Wildman–Crippen LogP) is 2.27. The molecule has 2 bridgehead atoms. The summed E-state index contributed by atoms with van der Waals surface area (Å²) in [5, 5.41) is 4.97. The monoisotopic (exact) mass is 348 g/mol. The molecule has 5 nitrogen and oxygen atoms in total. The van der Waals surface area contributed by atoms with Crippen molar-refractivity contribution in [2.24, 2.45) is 11.1 Å². The van der Waals surface area contributed by atoms with E-state index < -0.39 is 10.0 Å². The molecule has 2 fully saturated rings. The minimum atomic E-state index is -4.03. The molecule has 1 heterocycles. The summed E-state index contributed by atoms with van der Waals surface area (Å²) in [4.78, 5) is 14.0. The van der Waals surface area contributed by atoms with Crippen molar-refractivity contribution in [1.29, 1.82) is 0 Å². The molecular formula is C13H14Cl2N2O3S. The molecule has 0 spiro atoms. The van der Waals surface area contributed by atoms with Gasteiger partial charge in [-0.15, -0.1) is 0 Å². The Morgan fingerprint density at radius 2 is 2.00 bits per heavy atom. The van der Waals surface area contributed by atoms with Crippen LogP contribution in [0.5, 0.6) is 0 Å². The molecule has 21 heavy (non-hydrogen) atoms. The number of nitrogens with zero attached hydrogens (tertiary/aromatic N) is 1. The first kappa shape index (κ1) is 15.1. The Morgan fingerprint density at radius 1 is 1.29 bits per heavy atom. The molecule has 1 saturated carbocycles. The van der Waals surface area contributed by atoms with Gasteiger partial charge in [0.2, 0.25) is 10.0 Å². The van der Waals surface area contributed by atoms with E-state index in [0.29, 0.717) is 12.5 Å². The molecule has 114 valence electrons. The lowest BCUT2D eigenvalue weighted by Crippen LogP contribution is -2.37. The van der Waals surface area contributed by atoms with Gasteiger partial charge >= 0.3 is 0 Å². The second-order valence-electron chi connectivity index (χ2n) is 5.61. The lowest BCUT2D eigenvalue weighted by Gasteiger charge is -2.27. The van der Waals surface area contributed by atoms with Crippen LogP contribution in [0.4, 0.5) is 0 Å². The highest BCUT2D eigenvalue weighted by Gasteiger charge is 2.40. The number of nitrogens with two attached hydrogens (primary N) is 1. The summed E-state index contributed by atoms with van der Waals surface area (Å²) in [7, 11) is -4.03. The average Bonchev–Trinajstić information content (AvgIpc) is 3.01. The minimum absolute atomic E-state index is 0.0101. The number of rotatable bonds is 2. The van der Waals surface area contributed by atoms with Crippen LogP contribution in [-0.2, 0) is 10.0 Å². The molecule has 1 saturated heterocycles. The number of carbonyl (C=O) groups is 1. The van der Waals surface area contributed by atoms with E-state index in [2.05, 4.69) is 0 Å². The Hall–Kier alpha value is -0.820. The largest absolute Gasteiger partial charge is 0.335 e. The van der Waals surface area contributed by atoms with Crippen molar-refractivity contribution in [2.45, 2.75) is 30.2 Å². The molecule has 1 aromatic rings. The fraction of sp³-hybridized carbons (Fsp3) is 0.462. The summed E-state index contributed by atoms with van der Waals surface area (Å²) in [5.74, 6) is 0.338. The Labute approximate surface area is 133 Å². The number of amides is 1. The molecule has 2 N–H and O–H groups in total. The third kappa shape index (κ3) is 2.65. The van der Waals surface area contributed by atoms with Gasteiger partial charge in [-0.25, -0.2) is 13.6 Å². The number of hydrogen-bond donors (Lipinski definition) is 1. The smallest absolute Gasteiger partial charge is 0.254 e. The Balaban J connectivity index is 1.99. The summed E-state index contributed by atoms with van der Waals surface area (Å²) in [5.41, 5.74) is 0.209. The number of sulfonamides is 1. The minimum Gasteiger partial charge on any atom is -0.335 e. The first-order valence-corrected chi connectivity index (χ1v) is 8.90. The lowest BCUT2D eigenvalue weighted by atomic mass is 10.1. The van der Waals surface area contributed by atoms with E-state index in [0.717, 1.165) is 19.3 Å². The highest BCUT2D eigenvalue weighted by molar-refractivity contribution is 7.89. The van der Waals surface area contributed by atoms with Gasteiger partial charge in [-0.05, 0) is 37.3 Å². The maximum absolute atomic E-state index is 12.6. The van der Waals surface area contributed by atoms with Gasteiger partial charge in [0, 0.05) is 18.2 Å². The third-order valence-electron chi connectivity index (χ3n) is 4.22. The second-order valence-corrected chi connectivity index (χ2v) is 7.92. The molecule has 8 heteroatoms. The van der Waals surface area contributed by atoms with Gasteiger partial charge in [0.15, 0.2) is 0 Å².